The smallest absolute Gasteiger partial charge is 0.323 e. The number of nitrogens with one attached hydrogen (secondary N) is 1. The Bertz CT molecular complexity index is 277. The van der Waals surface area contributed by atoms with E-state index >= 15 is 0 Å². The van der Waals surface area contributed by atoms with Gasteiger partial charge in [0, 0.05) is 19.7 Å². The van der Waals surface area contributed by atoms with Crippen molar-refractivity contribution in [3.8, 4) is 0 Å². The monoisotopic (exact) mass is 258 g/mol. The lowest BCUT2D eigenvalue weighted by molar-refractivity contribution is -0.137. The Morgan fingerprint density at radius 2 is 2.28 bits per heavy atom. The number of nitrogens with zero attached hydrogens (tertiary/aromatic N) is 1. The molecule has 1 aliphatic rings. The lowest BCUT2D eigenvalue weighted by Crippen LogP contribution is -2.45. The Morgan fingerprint density at radius 3 is 2.83 bits per heavy atom. The summed E-state index contributed by atoms with van der Waals surface area (Å²) in [6, 6.07) is -0.301. The number of hydrogen-bond donors (Lipinski definition) is 2. The van der Waals surface area contributed by atoms with Crippen molar-refractivity contribution in [3.05, 3.63) is 0 Å². The standard InChI is InChI=1S/C12H22N2O4/c1-2-5-14(8-11(15)16)12(17)13-7-10-4-3-6-18-9-10/h10H,2-9H2,1H3,(H,13,17)(H,15,16). The molecule has 0 spiro atoms. The first kappa shape index (κ1) is 14.8. The van der Waals surface area contributed by atoms with Crippen LogP contribution in [0.2, 0.25) is 0 Å². The first-order valence-electron chi connectivity index (χ1n) is 6.45. The molecule has 1 heterocycles. The van der Waals surface area contributed by atoms with E-state index in [0.29, 0.717) is 25.6 Å². The maximum atomic E-state index is 11.8. The Labute approximate surface area is 107 Å². The Balaban J connectivity index is 2.32. The van der Waals surface area contributed by atoms with E-state index in [-0.39, 0.29) is 12.6 Å². The summed E-state index contributed by atoms with van der Waals surface area (Å²) in [6.45, 7) is 4.15. The second-order valence-electron chi connectivity index (χ2n) is 4.58. The van der Waals surface area contributed by atoms with E-state index in [0.717, 1.165) is 25.9 Å². The van der Waals surface area contributed by atoms with Gasteiger partial charge < -0.3 is 20.1 Å². The van der Waals surface area contributed by atoms with Gasteiger partial charge in [-0.15, -0.1) is 0 Å². The molecule has 6 heteroatoms. The Hall–Kier alpha value is -1.30. The SMILES string of the molecule is CCCN(CC(=O)O)C(=O)NCC1CCCOC1. The molecule has 1 rings (SSSR count). The maximum Gasteiger partial charge on any atom is 0.323 e. The molecule has 18 heavy (non-hydrogen) atoms. The van der Waals surface area contributed by atoms with Crippen LogP contribution in [0.25, 0.3) is 0 Å². The number of carboxylic acids is 1. The highest BCUT2D eigenvalue weighted by Crippen LogP contribution is 2.12. The van der Waals surface area contributed by atoms with Crippen molar-refractivity contribution < 1.29 is 19.4 Å². The summed E-state index contributed by atoms with van der Waals surface area (Å²) in [5.74, 6) is -0.643. The van der Waals surface area contributed by atoms with Gasteiger partial charge in [0.1, 0.15) is 6.54 Å². The van der Waals surface area contributed by atoms with Gasteiger partial charge in [0.05, 0.1) is 6.61 Å². The molecule has 1 atom stereocenters. The van der Waals surface area contributed by atoms with Crippen molar-refractivity contribution in [2.75, 3.05) is 32.8 Å². The minimum atomic E-state index is -0.986. The summed E-state index contributed by atoms with van der Waals surface area (Å²) < 4.78 is 5.33. The van der Waals surface area contributed by atoms with Crippen LogP contribution in [-0.2, 0) is 9.53 Å². The molecule has 6 nitrogen and oxygen atoms in total. The van der Waals surface area contributed by atoms with Crippen molar-refractivity contribution in [2.24, 2.45) is 5.92 Å². The fraction of sp³-hybridized carbons (Fsp3) is 0.833. The molecule has 1 saturated heterocycles. The Morgan fingerprint density at radius 1 is 1.50 bits per heavy atom. The summed E-state index contributed by atoms with van der Waals surface area (Å²) in [6.07, 6.45) is 2.81. The molecule has 2 N–H and O–H groups in total. The van der Waals surface area contributed by atoms with E-state index in [2.05, 4.69) is 5.32 Å². The van der Waals surface area contributed by atoms with Crippen molar-refractivity contribution in [2.45, 2.75) is 26.2 Å². The molecular weight excluding hydrogens is 236 g/mol. The third kappa shape index (κ3) is 5.35. The highest BCUT2D eigenvalue weighted by Gasteiger charge is 2.18. The molecule has 0 radical (unpaired) electrons. The van der Waals surface area contributed by atoms with Crippen LogP contribution in [0.3, 0.4) is 0 Å². The van der Waals surface area contributed by atoms with Crippen LogP contribution in [0.5, 0.6) is 0 Å². The lowest BCUT2D eigenvalue weighted by Gasteiger charge is -2.25. The molecule has 0 aromatic rings. The highest BCUT2D eigenvalue weighted by atomic mass is 16.5. The quantitative estimate of drug-likeness (QED) is 0.742. The number of carbonyl (C=O) groups excluding carboxylic acids is 1. The van der Waals surface area contributed by atoms with Crippen LogP contribution in [-0.4, -0.2) is 54.9 Å². The number of rotatable bonds is 6. The molecule has 0 aliphatic carbocycles. The van der Waals surface area contributed by atoms with Gasteiger partial charge in [-0.3, -0.25) is 4.79 Å². The van der Waals surface area contributed by atoms with Crippen LogP contribution in [0.15, 0.2) is 0 Å². The first-order chi connectivity index (χ1) is 8.63. The van der Waals surface area contributed by atoms with E-state index in [9.17, 15) is 9.59 Å². The molecule has 0 aromatic carbocycles. The van der Waals surface area contributed by atoms with Crippen LogP contribution >= 0.6 is 0 Å². The third-order valence-electron chi connectivity index (χ3n) is 2.90. The fourth-order valence-corrected chi connectivity index (χ4v) is 2.00. The van der Waals surface area contributed by atoms with E-state index in [1.807, 2.05) is 6.92 Å². The maximum absolute atomic E-state index is 11.8. The van der Waals surface area contributed by atoms with Crippen LogP contribution in [0.4, 0.5) is 4.79 Å². The fourth-order valence-electron chi connectivity index (χ4n) is 2.00. The second kappa shape index (κ2) is 7.92. The van der Waals surface area contributed by atoms with E-state index < -0.39 is 5.97 Å². The number of hydrogen-bond acceptors (Lipinski definition) is 3. The number of aliphatic carboxylic acids is 1. The average molecular weight is 258 g/mol. The molecule has 0 saturated carbocycles. The van der Waals surface area contributed by atoms with Gasteiger partial charge in [-0.2, -0.15) is 0 Å². The zero-order valence-corrected chi connectivity index (χ0v) is 10.9. The Kier molecular flexibility index (Phi) is 6.49. The normalized spacial score (nSPS) is 19.3. The minimum Gasteiger partial charge on any atom is -0.480 e. The first-order valence-corrected chi connectivity index (χ1v) is 6.45. The van der Waals surface area contributed by atoms with Crippen molar-refractivity contribution in [1.29, 1.82) is 0 Å². The lowest BCUT2D eigenvalue weighted by atomic mass is 10.0. The van der Waals surface area contributed by atoms with Crippen molar-refractivity contribution >= 4 is 12.0 Å². The molecule has 1 fully saturated rings. The van der Waals surface area contributed by atoms with Gasteiger partial charge >= 0.3 is 12.0 Å². The summed E-state index contributed by atoms with van der Waals surface area (Å²) >= 11 is 0. The molecule has 0 aromatic heterocycles. The molecule has 104 valence electrons. The summed E-state index contributed by atoms with van der Waals surface area (Å²) in [5, 5.41) is 11.5. The zero-order chi connectivity index (χ0) is 13.4. The molecule has 1 aliphatic heterocycles. The summed E-state index contributed by atoms with van der Waals surface area (Å²) in [5.41, 5.74) is 0. The van der Waals surface area contributed by atoms with Crippen LogP contribution in [0.1, 0.15) is 26.2 Å². The topological polar surface area (TPSA) is 78.9 Å². The number of carboxylic acid groups (broad SMARTS) is 1. The summed E-state index contributed by atoms with van der Waals surface area (Å²) in [4.78, 5) is 23.8. The third-order valence-corrected chi connectivity index (χ3v) is 2.90. The largest absolute Gasteiger partial charge is 0.480 e. The molecule has 1 unspecified atom stereocenters. The summed E-state index contributed by atoms with van der Waals surface area (Å²) in [7, 11) is 0. The predicted octanol–water partition coefficient (Wildman–Crippen LogP) is 0.919. The van der Waals surface area contributed by atoms with Crippen molar-refractivity contribution in [3.63, 3.8) is 0 Å². The zero-order valence-electron chi connectivity index (χ0n) is 10.9. The van der Waals surface area contributed by atoms with Gasteiger partial charge in [-0.05, 0) is 25.2 Å². The number of ether oxygens (including phenoxy) is 1. The number of carbonyl (C=O) groups is 2. The van der Waals surface area contributed by atoms with Gasteiger partial charge in [-0.25, -0.2) is 4.79 Å². The molecular formula is C12H22N2O4. The second-order valence-corrected chi connectivity index (χ2v) is 4.58. The van der Waals surface area contributed by atoms with Crippen LogP contribution in [0, 0.1) is 5.92 Å². The van der Waals surface area contributed by atoms with Gasteiger partial charge in [-0.1, -0.05) is 6.92 Å². The van der Waals surface area contributed by atoms with E-state index in [1.54, 1.807) is 0 Å². The molecule has 0 bridgehead atoms. The van der Waals surface area contributed by atoms with E-state index in [4.69, 9.17) is 9.84 Å². The number of amides is 2. The van der Waals surface area contributed by atoms with Crippen molar-refractivity contribution in [1.82, 2.24) is 10.2 Å². The van der Waals surface area contributed by atoms with E-state index in [1.165, 1.54) is 4.90 Å². The molecule has 2 amide bonds. The van der Waals surface area contributed by atoms with Crippen LogP contribution < -0.4 is 5.32 Å². The van der Waals surface area contributed by atoms with Gasteiger partial charge in [0.2, 0.25) is 0 Å². The van der Waals surface area contributed by atoms with Gasteiger partial charge in [0.15, 0.2) is 0 Å². The number of urea groups is 1. The average Bonchev–Trinajstić information content (AvgIpc) is 2.36. The predicted molar refractivity (Wildman–Crippen MR) is 66.4 cm³/mol. The van der Waals surface area contributed by atoms with Gasteiger partial charge in [0.25, 0.3) is 0 Å². The highest BCUT2D eigenvalue weighted by molar-refractivity contribution is 5.80. The minimum absolute atomic E-state index is 0.249.